The van der Waals surface area contributed by atoms with Crippen LogP contribution in [0.3, 0.4) is 0 Å². The van der Waals surface area contributed by atoms with Gasteiger partial charge in [-0.25, -0.2) is 4.98 Å². The molecule has 0 fully saturated rings. The van der Waals surface area contributed by atoms with E-state index >= 15 is 0 Å². The van der Waals surface area contributed by atoms with Crippen molar-refractivity contribution < 1.29 is 4.55 Å². The summed E-state index contributed by atoms with van der Waals surface area (Å²) in [6.45, 7) is 0. The molecule has 1 heterocycles. The zero-order valence-corrected chi connectivity index (χ0v) is 14.4. The highest BCUT2D eigenvalue weighted by Gasteiger charge is 2.13. The minimum Gasteiger partial charge on any atom is -0.312 e. The van der Waals surface area contributed by atoms with Crippen LogP contribution in [0.5, 0.6) is 0 Å². The number of aryl methyl sites for hydroxylation is 1. The Morgan fingerprint density at radius 1 is 1.26 bits per heavy atom. The molecule has 2 N–H and O–H groups in total. The minimum absolute atomic E-state index is 0.400. The van der Waals surface area contributed by atoms with Gasteiger partial charge in [0.1, 0.15) is 12.2 Å². The number of hydrogen-bond donors (Lipinski definition) is 2. The van der Waals surface area contributed by atoms with Gasteiger partial charge in [-0.2, -0.15) is 0 Å². The Labute approximate surface area is 145 Å². The third-order valence-electron chi connectivity index (χ3n) is 3.92. The highest BCUT2D eigenvalue weighted by molar-refractivity contribution is 7.91. The molecule has 0 aromatic carbocycles. The van der Waals surface area contributed by atoms with Gasteiger partial charge in [0.25, 0.3) is 0 Å². The minimum atomic E-state index is 0.400. The summed E-state index contributed by atoms with van der Waals surface area (Å²) in [7, 11) is 0. The molecule has 0 radical (unpaired) electrons. The van der Waals surface area contributed by atoms with Crippen LogP contribution in [-0.4, -0.2) is 9.54 Å². The monoisotopic (exact) mass is 344 g/mol. The van der Waals surface area contributed by atoms with Gasteiger partial charge in [0.05, 0.1) is 10.7 Å². The maximum atomic E-state index is 8.83. The average Bonchev–Trinajstić information content (AvgIpc) is 2.95. The first-order chi connectivity index (χ1) is 11.3. The number of aromatic nitrogens is 1. The van der Waals surface area contributed by atoms with Crippen molar-refractivity contribution in [1.29, 1.82) is 0 Å². The molecule has 3 nitrogen and oxygen atoms in total. The van der Waals surface area contributed by atoms with Crippen LogP contribution in [0, 0.1) is 5.92 Å². The second-order valence-electron chi connectivity index (χ2n) is 5.59. The van der Waals surface area contributed by atoms with Crippen LogP contribution in [0.2, 0.25) is 0 Å². The lowest BCUT2D eigenvalue weighted by Gasteiger charge is -2.09. The van der Waals surface area contributed by atoms with Crippen molar-refractivity contribution in [3.05, 3.63) is 76.5 Å². The Hall–Kier alpha value is -1.56. The summed E-state index contributed by atoms with van der Waals surface area (Å²) in [5.41, 5.74) is 2.10. The molecule has 2 atom stereocenters. The molecule has 1 aromatic rings. The van der Waals surface area contributed by atoms with E-state index in [2.05, 4.69) is 46.6 Å². The normalized spacial score (nSPS) is 22.9. The molecule has 3 rings (SSSR count). The van der Waals surface area contributed by atoms with Gasteiger partial charge in [0.15, 0.2) is 0 Å². The number of rotatable bonds is 6. The van der Waals surface area contributed by atoms with Crippen LogP contribution in [0.4, 0.5) is 0 Å². The van der Waals surface area contributed by atoms with E-state index in [1.165, 1.54) is 10.7 Å². The SMILES string of the molecule is OSNC1=CC=CC(CCc2csc(C3C=CC=CC3)n2)C=C1. The maximum absolute atomic E-state index is 8.83. The fourth-order valence-electron chi connectivity index (χ4n) is 2.65. The standard InChI is InChI=1S/C18H20N2OS2/c21-23-20-16-8-4-5-14(9-11-16)10-12-17-13-22-18(19-17)15-6-2-1-3-7-15/h1-6,8-9,11,13-15,20-21H,7,10,12H2. The lowest BCUT2D eigenvalue weighted by atomic mass is 10.0. The first kappa shape index (κ1) is 16.3. The lowest BCUT2D eigenvalue weighted by Crippen LogP contribution is -2.00. The Balaban J connectivity index is 1.53. The third kappa shape index (κ3) is 4.70. The zero-order chi connectivity index (χ0) is 15.9. The maximum Gasteiger partial charge on any atom is 0.108 e. The first-order valence-electron chi connectivity index (χ1n) is 7.76. The lowest BCUT2D eigenvalue weighted by molar-refractivity contribution is 0.657. The van der Waals surface area contributed by atoms with Gasteiger partial charge in [0, 0.05) is 17.0 Å². The summed E-state index contributed by atoms with van der Waals surface area (Å²) < 4.78 is 11.7. The largest absolute Gasteiger partial charge is 0.312 e. The second kappa shape index (κ2) is 8.34. The van der Waals surface area contributed by atoms with E-state index in [0.717, 1.165) is 25.0 Å². The Morgan fingerprint density at radius 3 is 3.04 bits per heavy atom. The molecular formula is C18H20N2OS2. The molecule has 2 unspecified atom stereocenters. The summed E-state index contributed by atoms with van der Waals surface area (Å²) in [4.78, 5) is 4.81. The van der Waals surface area contributed by atoms with Crippen molar-refractivity contribution in [1.82, 2.24) is 9.71 Å². The van der Waals surface area contributed by atoms with Crippen molar-refractivity contribution in [2.24, 2.45) is 5.92 Å². The van der Waals surface area contributed by atoms with Crippen LogP contribution in [0.15, 0.2) is 65.8 Å². The number of thiazole rings is 1. The van der Waals surface area contributed by atoms with E-state index in [1.54, 1.807) is 11.3 Å². The summed E-state index contributed by atoms with van der Waals surface area (Å²) in [6, 6.07) is 0. The van der Waals surface area contributed by atoms with E-state index in [9.17, 15) is 0 Å². The first-order valence-corrected chi connectivity index (χ1v) is 9.41. The van der Waals surface area contributed by atoms with Gasteiger partial charge in [-0.15, -0.1) is 11.3 Å². The molecule has 0 saturated carbocycles. The number of allylic oxidation sites excluding steroid dienone is 9. The topological polar surface area (TPSA) is 45.1 Å². The zero-order valence-electron chi connectivity index (χ0n) is 12.8. The summed E-state index contributed by atoms with van der Waals surface area (Å²) in [5, 5.41) is 3.42. The summed E-state index contributed by atoms with van der Waals surface area (Å²) in [6.07, 6.45) is 22.1. The van der Waals surface area contributed by atoms with Gasteiger partial charge < -0.3 is 9.27 Å². The van der Waals surface area contributed by atoms with Gasteiger partial charge in [0.2, 0.25) is 0 Å². The predicted molar refractivity (Wildman–Crippen MR) is 99.3 cm³/mol. The van der Waals surface area contributed by atoms with E-state index < -0.39 is 0 Å². The predicted octanol–water partition coefficient (Wildman–Crippen LogP) is 5.01. The Morgan fingerprint density at radius 2 is 2.22 bits per heavy atom. The molecule has 0 spiro atoms. The fraction of sp³-hybridized carbons (Fsp3) is 0.278. The van der Waals surface area contributed by atoms with Crippen LogP contribution < -0.4 is 4.72 Å². The number of nitrogens with zero attached hydrogens (tertiary/aromatic N) is 1. The molecule has 2 aliphatic carbocycles. The molecule has 5 heteroatoms. The molecule has 23 heavy (non-hydrogen) atoms. The van der Waals surface area contributed by atoms with Crippen molar-refractivity contribution in [2.75, 3.05) is 0 Å². The molecule has 0 aliphatic heterocycles. The van der Waals surface area contributed by atoms with Crippen LogP contribution in [0.1, 0.15) is 29.5 Å². The highest BCUT2D eigenvalue weighted by Crippen LogP contribution is 2.28. The van der Waals surface area contributed by atoms with Crippen LogP contribution in [0.25, 0.3) is 0 Å². The van der Waals surface area contributed by atoms with Gasteiger partial charge in [-0.3, -0.25) is 0 Å². The molecule has 1 aromatic heterocycles. The van der Waals surface area contributed by atoms with Gasteiger partial charge in [-0.1, -0.05) is 42.5 Å². The summed E-state index contributed by atoms with van der Waals surface area (Å²) >= 11 is 2.39. The molecule has 2 aliphatic rings. The fourth-order valence-corrected chi connectivity index (χ4v) is 3.84. The van der Waals surface area contributed by atoms with E-state index in [4.69, 9.17) is 9.54 Å². The number of hydrogen-bond acceptors (Lipinski definition) is 5. The second-order valence-corrected chi connectivity index (χ2v) is 6.87. The molecule has 0 bridgehead atoms. The molecule has 0 amide bonds. The smallest absolute Gasteiger partial charge is 0.108 e. The Kier molecular flexibility index (Phi) is 5.91. The third-order valence-corrected chi connectivity index (χ3v) is 5.27. The van der Waals surface area contributed by atoms with Crippen molar-refractivity contribution in [3.8, 4) is 0 Å². The molecule has 120 valence electrons. The Bertz CT molecular complexity index is 670. The van der Waals surface area contributed by atoms with Gasteiger partial charge >= 0.3 is 0 Å². The number of nitrogens with one attached hydrogen (secondary N) is 1. The van der Waals surface area contributed by atoms with Gasteiger partial charge in [-0.05, 0) is 37.3 Å². The van der Waals surface area contributed by atoms with Crippen LogP contribution in [-0.2, 0) is 6.42 Å². The molecule has 0 saturated heterocycles. The van der Waals surface area contributed by atoms with Crippen LogP contribution >= 0.6 is 23.6 Å². The quantitative estimate of drug-likeness (QED) is 0.562. The summed E-state index contributed by atoms with van der Waals surface area (Å²) in [5.74, 6) is 0.849. The molecular weight excluding hydrogens is 324 g/mol. The van der Waals surface area contributed by atoms with E-state index in [-0.39, 0.29) is 0 Å². The average molecular weight is 345 g/mol. The highest BCUT2D eigenvalue weighted by atomic mass is 32.2. The van der Waals surface area contributed by atoms with E-state index in [0.29, 0.717) is 24.1 Å². The van der Waals surface area contributed by atoms with Crippen molar-refractivity contribution in [3.63, 3.8) is 0 Å². The van der Waals surface area contributed by atoms with Crippen molar-refractivity contribution in [2.45, 2.75) is 25.2 Å². The van der Waals surface area contributed by atoms with Crippen molar-refractivity contribution >= 4 is 23.6 Å². The van der Waals surface area contributed by atoms with E-state index in [1.807, 2.05) is 18.2 Å².